The zero-order valence-electron chi connectivity index (χ0n) is 11.6. The fraction of sp³-hybridized carbons (Fsp3) is 0.333. The molecule has 2 rings (SSSR count). The van der Waals surface area contributed by atoms with E-state index in [0.29, 0.717) is 6.54 Å². The summed E-state index contributed by atoms with van der Waals surface area (Å²) in [5.74, 6) is 0.854. The number of aryl methyl sites for hydroxylation is 2. The Morgan fingerprint density at radius 2 is 1.89 bits per heavy atom. The van der Waals surface area contributed by atoms with Crippen LogP contribution in [0.3, 0.4) is 0 Å². The van der Waals surface area contributed by atoms with Crippen LogP contribution in [0.1, 0.15) is 22.6 Å². The van der Waals surface area contributed by atoms with Crippen molar-refractivity contribution in [2.24, 2.45) is 0 Å². The van der Waals surface area contributed by atoms with Crippen molar-refractivity contribution in [2.75, 3.05) is 11.9 Å². The van der Waals surface area contributed by atoms with Gasteiger partial charge in [0.2, 0.25) is 0 Å². The summed E-state index contributed by atoms with van der Waals surface area (Å²) < 4.78 is 0. The van der Waals surface area contributed by atoms with Crippen LogP contribution >= 0.6 is 0 Å². The van der Waals surface area contributed by atoms with Crippen molar-refractivity contribution >= 4 is 5.82 Å². The molecule has 100 valence electrons. The highest BCUT2D eigenvalue weighted by molar-refractivity contribution is 5.42. The van der Waals surface area contributed by atoms with Crippen LogP contribution in [0, 0.1) is 13.8 Å². The van der Waals surface area contributed by atoms with E-state index in [4.69, 9.17) is 0 Å². The molecule has 0 bridgehead atoms. The Labute approximate surface area is 113 Å². The minimum absolute atomic E-state index is 0.0346. The number of hydrogen-bond donors (Lipinski definition) is 1. The molecule has 0 aliphatic heterocycles. The van der Waals surface area contributed by atoms with Crippen molar-refractivity contribution < 1.29 is 5.11 Å². The van der Waals surface area contributed by atoms with Crippen molar-refractivity contribution in [1.82, 2.24) is 9.97 Å². The van der Waals surface area contributed by atoms with Gasteiger partial charge in [0.05, 0.1) is 18.8 Å². The van der Waals surface area contributed by atoms with E-state index < -0.39 is 0 Å². The topological polar surface area (TPSA) is 49.2 Å². The summed E-state index contributed by atoms with van der Waals surface area (Å²) in [6.45, 7) is 4.65. The SMILES string of the molecule is Cc1cccc(CN(C)c2cc(CO)cc(C)n2)n1. The Morgan fingerprint density at radius 3 is 2.58 bits per heavy atom. The maximum Gasteiger partial charge on any atom is 0.129 e. The Balaban J connectivity index is 2.20. The van der Waals surface area contributed by atoms with Crippen LogP contribution in [-0.2, 0) is 13.2 Å². The van der Waals surface area contributed by atoms with Gasteiger partial charge in [0.15, 0.2) is 0 Å². The molecule has 1 N–H and O–H groups in total. The third kappa shape index (κ3) is 3.51. The van der Waals surface area contributed by atoms with E-state index in [0.717, 1.165) is 28.5 Å². The maximum atomic E-state index is 9.24. The minimum Gasteiger partial charge on any atom is -0.392 e. The van der Waals surface area contributed by atoms with E-state index in [-0.39, 0.29) is 6.61 Å². The minimum atomic E-state index is 0.0346. The molecule has 0 aliphatic carbocycles. The standard InChI is InChI=1S/C15H19N3O/c1-11-5-4-6-14(16-11)9-18(3)15-8-13(10-19)7-12(2)17-15/h4-8,19H,9-10H2,1-3H3. The van der Waals surface area contributed by atoms with Gasteiger partial charge in [-0.1, -0.05) is 6.07 Å². The second-order valence-corrected chi connectivity index (χ2v) is 4.76. The van der Waals surface area contributed by atoms with Gasteiger partial charge in [-0.15, -0.1) is 0 Å². The van der Waals surface area contributed by atoms with E-state index in [1.165, 1.54) is 0 Å². The predicted octanol–water partition coefficient (Wildman–Crippen LogP) is 2.22. The number of aromatic nitrogens is 2. The van der Waals surface area contributed by atoms with Crippen LogP contribution in [0.5, 0.6) is 0 Å². The smallest absolute Gasteiger partial charge is 0.129 e. The van der Waals surface area contributed by atoms with E-state index in [1.807, 2.05) is 56.1 Å². The Morgan fingerprint density at radius 1 is 1.11 bits per heavy atom. The van der Waals surface area contributed by atoms with Crippen molar-refractivity contribution in [3.05, 3.63) is 53.0 Å². The molecule has 2 heterocycles. The molecule has 0 saturated carbocycles. The average molecular weight is 257 g/mol. The van der Waals surface area contributed by atoms with Crippen molar-refractivity contribution in [2.45, 2.75) is 27.0 Å². The maximum absolute atomic E-state index is 9.24. The van der Waals surface area contributed by atoms with Gasteiger partial charge in [0.1, 0.15) is 5.82 Å². The van der Waals surface area contributed by atoms with E-state index in [9.17, 15) is 5.11 Å². The lowest BCUT2D eigenvalue weighted by atomic mass is 10.2. The number of aliphatic hydroxyl groups excluding tert-OH is 1. The number of pyridine rings is 2. The molecule has 0 spiro atoms. The summed E-state index contributed by atoms with van der Waals surface area (Å²) in [6, 6.07) is 9.80. The molecule has 19 heavy (non-hydrogen) atoms. The van der Waals surface area contributed by atoms with Crippen LogP contribution in [-0.4, -0.2) is 22.1 Å². The second kappa shape index (κ2) is 5.80. The number of nitrogens with zero attached hydrogens (tertiary/aromatic N) is 3. The first kappa shape index (κ1) is 13.5. The molecular weight excluding hydrogens is 238 g/mol. The second-order valence-electron chi connectivity index (χ2n) is 4.76. The van der Waals surface area contributed by atoms with E-state index in [2.05, 4.69) is 9.97 Å². The van der Waals surface area contributed by atoms with Gasteiger partial charge in [-0.2, -0.15) is 0 Å². The van der Waals surface area contributed by atoms with Crippen molar-refractivity contribution in [3.8, 4) is 0 Å². The molecule has 2 aromatic rings. The van der Waals surface area contributed by atoms with Gasteiger partial charge in [-0.3, -0.25) is 4.98 Å². The lowest BCUT2D eigenvalue weighted by Crippen LogP contribution is -2.19. The Kier molecular flexibility index (Phi) is 4.12. The number of aliphatic hydroxyl groups is 1. The molecule has 0 fully saturated rings. The first-order chi connectivity index (χ1) is 9.08. The highest BCUT2D eigenvalue weighted by atomic mass is 16.3. The molecule has 0 amide bonds. The van der Waals surface area contributed by atoms with Gasteiger partial charge >= 0.3 is 0 Å². The molecule has 0 saturated heterocycles. The number of rotatable bonds is 4. The van der Waals surface area contributed by atoms with Crippen LogP contribution in [0.15, 0.2) is 30.3 Å². The molecule has 0 aliphatic rings. The third-order valence-electron chi connectivity index (χ3n) is 2.92. The average Bonchev–Trinajstić information content (AvgIpc) is 2.38. The number of anilines is 1. The fourth-order valence-corrected chi connectivity index (χ4v) is 2.02. The molecule has 0 radical (unpaired) electrons. The highest BCUT2D eigenvalue weighted by Crippen LogP contribution is 2.15. The Hall–Kier alpha value is -1.94. The first-order valence-corrected chi connectivity index (χ1v) is 6.30. The highest BCUT2D eigenvalue weighted by Gasteiger charge is 2.07. The summed E-state index contributed by atoms with van der Waals surface area (Å²) in [5.41, 5.74) is 3.81. The van der Waals surface area contributed by atoms with Crippen LogP contribution in [0.4, 0.5) is 5.82 Å². The van der Waals surface area contributed by atoms with E-state index >= 15 is 0 Å². The van der Waals surface area contributed by atoms with Gasteiger partial charge in [0, 0.05) is 18.4 Å². The summed E-state index contributed by atoms with van der Waals surface area (Å²) in [7, 11) is 1.98. The van der Waals surface area contributed by atoms with Crippen molar-refractivity contribution in [1.29, 1.82) is 0 Å². The largest absolute Gasteiger partial charge is 0.392 e. The summed E-state index contributed by atoms with van der Waals surface area (Å²) in [4.78, 5) is 11.0. The lowest BCUT2D eigenvalue weighted by Gasteiger charge is -2.19. The molecule has 0 atom stereocenters. The molecule has 2 aromatic heterocycles. The zero-order chi connectivity index (χ0) is 13.8. The molecule has 0 unspecified atom stereocenters. The van der Waals surface area contributed by atoms with Crippen molar-refractivity contribution in [3.63, 3.8) is 0 Å². The van der Waals surface area contributed by atoms with Crippen LogP contribution in [0.25, 0.3) is 0 Å². The molecule has 4 heteroatoms. The van der Waals surface area contributed by atoms with E-state index in [1.54, 1.807) is 0 Å². The Bertz CT molecular complexity index is 569. The number of hydrogen-bond acceptors (Lipinski definition) is 4. The van der Waals surface area contributed by atoms with Gasteiger partial charge in [0.25, 0.3) is 0 Å². The molecule has 4 nitrogen and oxygen atoms in total. The monoisotopic (exact) mass is 257 g/mol. The summed E-state index contributed by atoms with van der Waals surface area (Å²) >= 11 is 0. The van der Waals surface area contributed by atoms with Gasteiger partial charge in [-0.05, 0) is 43.7 Å². The van der Waals surface area contributed by atoms with Gasteiger partial charge < -0.3 is 10.0 Å². The van der Waals surface area contributed by atoms with Crippen LogP contribution < -0.4 is 4.90 Å². The lowest BCUT2D eigenvalue weighted by molar-refractivity contribution is 0.281. The normalized spacial score (nSPS) is 10.5. The summed E-state index contributed by atoms with van der Waals surface area (Å²) in [5, 5.41) is 9.24. The fourth-order valence-electron chi connectivity index (χ4n) is 2.02. The quantitative estimate of drug-likeness (QED) is 0.912. The van der Waals surface area contributed by atoms with Crippen LogP contribution in [0.2, 0.25) is 0 Å². The molecular formula is C15H19N3O. The zero-order valence-corrected chi connectivity index (χ0v) is 11.6. The first-order valence-electron chi connectivity index (χ1n) is 6.30. The predicted molar refractivity (Wildman–Crippen MR) is 76.0 cm³/mol. The third-order valence-corrected chi connectivity index (χ3v) is 2.92. The van der Waals surface area contributed by atoms with Gasteiger partial charge in [-0.25, -0.2) is 4.98 Å². The summed E-state index contributed by atoms with van der Waals surface area (Å²) in [6.07, 6.45) is 0. The molecule has 0 aromatic carbocycles.